The fourth-order valence-electron chi connectivity index (χ4n) is 1.64. The Kier molecular flexibility index (Phi) is 4.35. The van der Waals surface area contributed by atoms with E-state index in [1.807, 2.05) is 6.92 Å². The second-order valence-corrected chi connectivity index (χ2v) is 5.34. The highest BCUT2D eigenvalue weighted by Crippen LogP contribution is 2.41. The van der Waals surface area contributed by atoms with Crippen LogP contribution in [0.1, 0.15) is 31.2 Å². The van der Waals surface area contributed by atoms with E-state index in [9.17, 15) is 15.2 Å². The van der Waals surface area contributed by atoms with Crippen LogP contribution in [0.3, 0.4) is 0 Å². The van der Waals surface area contributed by atoms with Crippen molar-refractivity contribution in [1.29, 1.82) is 0 Å². The predicted octanol–water partition coefficient (Wildman–Crippen LogP) is 3.11. The molecule has 2 aromatic rings. The highest BCUT2D eigenvalue weighted by atomic mass is 32.1. The van der Waals surface area contributed by atoms with Gasteiger partial charge in [0, 0.05) is 17.5 Å². The standard InChI is InChI=1S/C12H15N3O4S/c1-3-4-14-7-9(6-13-14)19-12-10(15(17)18)5-11(20-12)8(2)16/h5-8,16H,3-4H2,1-2H3/t8-/m1/s1. The van der Waals surface area contributed by atoms with Crippen molar-refractivity contribution in [2.75, 3.05) is 0 Å². The molecule has 2 aromatic heterocycles. The summed E-state index contributed by atoms with van der Waals surface area (Å²) in [5.41, 5.74) is -0.144. The van der Waals surface area contributed by atoms with Crippen LogP contribution in [0.5, 0.6) is 10.8 Å². The number of aliphatic hydroxyl groups excluding tert-OH is 1. The van der Waals surface area contributed by atoms with Crippen molar-refractivity contribution in [2.24, 2.45) is 0 Å². The molecule has 0 bridgehead atoms. The molecule has 1 atom stereocenters. The average molecular weight is 297 g/mol. The topological polar surface area (TPSA) is 90.4 Å². The summed E-state index contributed by atoms with van der Waals surface area (Å²) < 4.78 is 7.22. The van der Waals surface area contributed by atoms with E-state index in [2.05, 4.69) is 5.10 Å². The third kappa shape index (κ3) is 3.14. The fraction of sp³-hybridized carbons (Fsp3) is 0.417. The zero-order valence-electron chi connectivity index (χ0n) is 11.1. The molecule has 0 aliphatic carbocycles. The van der Waals surface area contributed by atoms with Crippen LogP contribution in [0.25, 0.3) is 0 Å². The van der Waals surface area contributed by atoms with Crippen molar-refractivity contribution in [2.45, 2.75) is 32.9 Å². The molecule has 7 nitrogen and oxygen atoms in total. The van der Waals surface area contributed by atoms with Gasteiger partial charge in [-0.25, -0.2) is 0 Å². The average Bonchev–Trinajstić information content (AvgIpc) is 2.97. The number of aryl methyl sites for hydroxylation is 1. The van der Waals surface area contributed by atoms with Crippen molar-refractivity contribution in [3.63, 3.8) is 0 Å². The number of hydrogen-bond donors (Lipinski definition) is 1. The van der Waals surface area contributed by atoms with Gasteiger partial charge in [0.05, 0.1) is 23.4 Å². The van der Waals surface area contributed by atoms with Gasteiger partial charge in [0.25, 0.3) is 5.06 Å². The Hall–Kier alpha value is -1.93. The molecule has 0 spiro atoms. The van der Waals surface area contributed by atoms with Gasteiger partial charge in [-0.05, 0) is 13.3 Å². The van der Waals surface area contributed by atoms with Crippen molar-refractivity contribution in [3.05, 3.63) is 33.5 Å². The van der Waals surface area contributed by atoms with E-state index in [0.29, 0.717) is 10.6 Å². The highest BCUT2D eigenvalue weighted by molar-refractivity contribution is 7.14. The van der Waals surface area contributed by atoms with Crippen LogP contribution in [0, 0.1) is 10.1 Å². The number of nitrogens with zero attached hydrogens (tertiary/aromatic N) is 3. The predicted molar refractivity (Wildman–Crippen MR) is 74.2 cm³/mol. The van der Waals surface area contributed by atoms with E-state index in [1.165, 1.54) is 12.3 Å². The molecule has 0 aromatic carbocycles. The van der Waals surface area contributed by atoms with E-state index < -0.39 is 11.0 Å². The Bertz CT molecular complexity index is 606. The second-order valence-electron chi connectivity index (χ2n) is 4.30. The molecule has 0 aliphatic heterocycles. The van der Waals surface area contributed by atoms with E-state index >= 15 is 0 Å². The molecule has 108 valence electrons. The largest absolute Gasteiger partial charge is 0.437 e. The number of aliphatic hydroxyl groups is 1. The molecule has 2 heterocycles. The molecule has 8 heteroatoms. The molecular weight excluding hydrogens is 282 g/mol. The van der Waals surface area contributed by atoms with Gasteiger partial charge in [-0.15, -0.1) is 0 Å². The Morgan fingerprint density at radius 1 is 1.65 bits per heavy atom. The van der Waals surface area contributed by atoms with Crippen molar-refractivity contribution in [1.82, 2.24) is 9.78 Å². The van der Waals surface area contributed by atoms with E-state index in [1.54, 1.807) is 17.8 Å². The van der Waals surface area contributed by atoms with E-state index in [-0.39, 0.29) is 10.8 Å². The molecule has 2 rings (SSSR count). The van der Waals surface area contributed by atoms with Crippen molar-refractivity contribution >= 4 is 17.0 Å². The second kappa shape index (κ2) is 6.02. The molecular formula is C12H15N3O4S. The Labute approximate surface area is 119 Å². The molecule has 0 unspecified atom stereocenters. The maximum absolute atomic E-state index is 11.0. The van der Waals surface area contributed by atoms with Crippen LogP contribution < -0.4 is 4.74 Å². The lowest BCUT2D eigenvalue weighted by Gasteiger charge is -1.99. The zero-order chi connectivity index (χ0) is 14.7. The lowest BCUT2D eigenvalue weighted by atomic mass is 10.3. The van der Waals surface area contributed by atoms with Gasteiger partial charge in [-0.3, -0.25) is 14.8 Å². The minimum absolute atomic E-state index is 0.144. The first-order valence-corrected chi connectivity index (χ1v) is 6.99. The van der Waals surface area contributed by atoms with Gasteiger partial charge >= 0.3 is 5.69 Å². The van der Waals surface area contributed by atoms with Crippen LogP contribution in [-0.4, -0.2) is 19.8 Å². The van der Waals surface area contributed by atoms with Gasteiger partial charge in [0.2, 0.25) is 0 Å². The first-order chi connectivity index (χ1) is 9.51. The Balaban J connectivity index is 2.24. The summed E-state index contributed by atoms with van der Waals surface area (Å²) in [7, 11) is 0. The van der Waals surface area contributed by atoms with Crippen molar-refractivity contribution < 1.29 is 14.8 Å². The van der Waals surface area contributed by atoms with Crippen molar-refractivity contribution in [3.8, 4) is 10.8 Å². The normalized spacial score (nSPS) is 12.3. The SMILES string of the molecule is CCCn1cc(Oc2sc([C@@H](C)O)cc2[N+](=O)[O-])cn1. The molecule has 20 heavy (non-hydrogen) atoms. The monoisotopic (exact) mass is 297 g/mol. The lowest BCUT2D eigenvalue weighted by Crippen LogP contribution is -1.95. The summed E-state index contributed by atoms with van der Waals surface area (Å²) in [6, 6.07) is 1.33. The smallest absolute Gasteiger partial charge is 0.323 e. The number of ether oxygens (including phenoxy) is 1. The van der Waals surface area contributed by atoms with E-state index in [0.717, 1.165) is 24.3 Å². The van der Waals surface area contributed by atoms with Crippen LogP contribution in [0.2, 0.25) is 0 Å². The summed E-state index contributed by atoms with van der Waals surface area (Å²) in [6.45, 7) is 4.34. The van der Waals surface area contributed by atoms with Crippen LogP contribution >= 0.6 is 11.3 Å². The summed E-state index contributed by atoms with van der Waals surface area (Å²) in [5.74, 6) is 0.445. The zero-order valence-corrected chi connectivity index (χ0v) is 12.0. The van der Waals surface area contributed by atoms with Crippen LogP contribution in [0.4, 0.5) is 5.69 Å². The first-order valence-electron chi connectivity index (χ1n) is 6.17. The van der Waals surface area contributed by atoms with Crippen LogP contribution in [-0.2, 0) is 6.54 Å². The number of thiophene rings is 1. The molecule has 0 radical (unpaired) electrons. The van der Waals surface area contributed by atoms with E-state index in [4.69, 9.17) is 4.74 Å². The molecule has 0 saturated carbocycles. The third-order valence-corrected chi connectivity index (χ3v) is 3.75. The van der Waals surface area contributed by atoms with Gasteiger partial charge in [0.15, 0.2) is 5.75 Å². The number of rotatable bonds is 6. The minimum Gasteiger partial charge on any atom is -0.437 e. The summed E-state index contributed by atoms with van der Waals surface area (Å²) in [6.07, 6.45) is 3.38. The molecule has 1 N–H and O–H groups in total. The molecule has 0 saturated heterocycles. The Morgan fingerprint density at radius 2 is 2.40 bits per heavy atom. The van der Waals surface area contributed by atoms with Gasteiger partial charge in [-0.1, -0.05) is 18.3 Å². The van der Waals surface area contributed by atoms with Gasteiger partial charge in [0.1, 0.15) is 0 Å². The third-order valence-electron chi connectivity index (χ3n) is 2.58. The lowest BCUT2D eigenvalue weighted by molar-refractivity contribution is -0.385. The number of aromatic nitrogens is 2. The Morgan fingerprint density at radius 3 is 3.00 bits per heavy atom. The fourth-order valence-corrected chi connectivity index (χ4v) is 2.58. The molecule has 0 aliphatic rings. The molecule has 0 fully saturated rings. The van der Waals surface area contributed by atoms with Gasteiger partial charge in [-0.2, -0.15) is 5.10 Å². The summed E-state index contributed by atoms with van der Waals surface area (Å²) in [4.78, 5) is 11.0. The molecule has 0 amide bonds. The number of hydrogen-bond acceptors (Lipinski definition) is 6. The summed E-state index contributed by atoms with van der Waals surface area (Å²) >= 11 is 1.06. The minimum atomic E-state index is -0.765. The number of nitro groups is 1. The maximum atomic E-state index is 11.0. The van der Waals surface area contributed by atoms with Crippen LogP contribution in [0.15, 0.2) is 18.5 Å². The van der Waals surface area contributed by atoms with Gasteiger partial charge < -0.3 is 9.84 Å². The quantitative estimate of drug-likeness (QED) is 0.653. The summed E-state index contributed by atoms with van der Waals surface area (Å²) in [5, 5.41) is 24.7. The maximum Gasteiger partial charge on any atom is 0.323 e. The first kappa shape index (κ1) is 14.5. The highest BCUT2D eigenvalue weighted by Gasteiger charge is 2.23.